The summed E-state index contributed by atoms with van der Waals surface area (Å²) >= 11 is 11.7. The van der Waals surface area contributed by atoms with E-state index in [1.807, 2.05) is 0 Å². The predicted molar refractivity (Wildman–Crippen MR) is 66.4 cm³/mol. The summed E-state index contributed by atoms with van der Waals surface area (Å²) in [6.45, 7) is 1.10. The van der Waals surface area contributed by atoms with Crippen molar-refractivity contribution in [2.75, 3.05) is 13.1 Å². The van der Waals surface area contributed by atoms with E-state index in [0.29, 0.717) is 23.7 Å². The maximum Gasteiger partial charge on any atom is 0.222 e. The minimum absolute atomic E-state index is 0.0411. The molecule has 1 amide bonds. The number of amides is 1. The lowest BCUT2D eigenvalue weighted by Gasteiger charge is -2.17. The fraction of sp³-hybridized carbons (Fsp3) is 0.364. The second-order valence-corrected chi connectivity index (χ2v) is 4.91. The van der Waals surface area contributed by atoms with Gasteiger partial charge in [-0.05, 0) is 6.07 Å². The molecule has 1 aromatic rings. The van der Waals surface area contributed by atoms with Gasteiger partial charge in [-0.1, -0.05) is 23.2 Å². The first kappa shape index (κ1) is 12.5. The van der Waals surface area contributed by atoms with Crippen LogP contribution in [0.5, 0.6) is 5.75 Å². The molecule has 1 aromatic carbocycles. The summed E-state index contributed by atoms with van der Waals surface area (Å²) in [6.07, 6.45) is 0. The predicted octanol–water partition coefficient (Wildman–Crippen LogP) is 1.49. The highest BCUT2D eigenvalue weighted by Crippen LogP contribution is 2.38. The van der Waals surface area contributed by atoms with Crippen LogP contribution in [0.4, 0.5) is 0 Å². The van der Waals surface area contributed by atoms with Crippen molar-refractivity contribution < 1.29 is 9.90 Å². The van der Waals surface area contributed by atoms with Gasteiger partial charge in [0.05, 0.1) is 16.0 Å². The molecule has 92 valence electrons. The number of hydrogen-bond donors (Lipinski definition) is 3. The summed E-state index contributed by atoms with van der Waals surface area (Å²) in [5, 5.41) is 13.6. The van der Waals surface area contributed by atoms with E-state index in [9.17, 15) is 9.90 Å². The van der Waals surface area contributed by atoms with E-state index in [2.05, 4.69) is 5.32 Å². The normalized spacial score (nSPS) is 23.9. The van der Waals surface area contributed by atoms with Crippen LogP contribution in [0.2, 0.25) is 10.0 Å². The number of phenols is 1. The number of aromatic hydroxyl groups is 1. The van der Waals surface area contributed by atoms with E-state index in [1.54, 1.807) is 6.07 Å². The van der Waals surface area contributed by atoms with Crippen LogP contribution < -0.4 is 11.1 Å². The van der Waals surface area contributed by atoms with Crippen LogP contribution in [-0.2, 0) is 4.79 Å². The first-order chi connectivity index (χ1) is 8.00. The number of benzene rings is 1. The number of carbonyl (C=O) groups excluding carboxylic acids is 1. The molecule has 4 N–H and O–H groups in total. The van der Waals surface area contributed by atoms with Gasteiger partial charge in [0, 0.05) is 30.6 Å². The molecule has 17 heavy (non-hydrogen) atoms. The molecule has 0 radical (unpaired) electrons. The number of rotatable bonds is 2. The number of halogens is 2. The summed E-state index contributed by atoms with van der Waals surface area (Å²) in [7, 11) is 0. The Morgan fingerprint density at radius 3 is 2.65 bits per heavy atom. The Balaban J connectivity index is 2.40. The summed E-state index contributed by atoms with van der Waals surface area (Å²) in [5.41, 5.74) is 5.93. The van der Waals surface area contributed by atoms with Gasteiger partial charge in [-0.2, -0.15) is 0 Å². The van der Waals surface area contributed by atoms with Crippen molar-refractivity contribution >= 4 is 29.1 Å². The number of nitrogens with one attached hydrogen (secondary N) is 1. The van der Waals surface area contributed by atoms with E-state index in [1.165, 1.54) is 6.07 Å². The zero-order chi connectivity index (χ0) is 12.6. The van der Waals surface area contributed by atoms with Crippen molar-refractivity contribution in [2.24, 2.45) is 11.7 Å². The van der Waals surface area contributed by atoms with Crippen LogP contribution in [0.15, 0.2) is 12.1 Å². The van der Waals surface area contributed by atoms with E-state index >= 15 is 0 Å². The van der Waals surface area contributed by atoms with Crippen molar-refractivity contribution in [3.05, 3.63) is 27.7 Å². The van der Waals surface area contributed by atoms with Crippen LogP contribution >= 0.6 is 23.2 Å². The van der Waals surface area contributed by atoms with Crippen LogP contribution in [0, 0.1) is 5.92 Å². The molecule has 0 aliphatic carbocycles. The topological polar surface area (TPSA) is 75.4 Å². The molecule has 1 heterocycles. The van der Waals surface area contributed by atoms with Gasteiger partial charge in [0.1, 0.15) is 5.75 Å². The number of primary amides is 1. The zero-order valence-corrected chi connectivity index (χ0v) is 10.4. The fourth-order valence-electron chi connectivity index (χ4n) is 2.15. The highest BCUT2D eigenvalue weighted by molar-refractivity contribution is 6.42. The molecule has 4 nitrogen and oxygen atoms in total. The summed E-state index contributed by atoms with van der Waals surface area (Å²) in [5.74, 6) is -0.842. The Morgan fingerprint density at radius 2 is 2.00 bits per heavy atom. The number of carbonyl (C=O) groups is 1. The molecule has 2 unspecified atom stereocenters. The molecular formula is C11H12Cl2N2O2. The summed E-state index contributed by atoms with van der Waals surface area (Å²) in [4.78, 5) is 11.3. The van der Waals surface area contributed by atoms with E-state index in [4.69, 9.17) is 28.9 Å². The van der Waals surface area contributed by atoms with Gasteiger partial charge >= 0.3 is 0 Å². The van der Waals surface area contributed by atoms with Gasteiger partial charge < -0.3 is 16.2 Å². The lowest BCUT2D eigenvalue weighted by atomic mass is 9.88. The van der Waals surface area contributed by atoms with Crippen molar-refractivity contribution in [1.29, 1.82) is 0 Å². The number of phenolic OH excluding ortho intramolecular Hbond substituents is 1. The first-order valence-corrected chi connectivity index (χ1v) is 5.94. The smallest absolute Gasteiger partial charge is 0.222 e. The summed E-state index contributed by atoms with van der Waals surface area (Å²) < 4.78 is 0. The largest absolute Gasteiger partial charge is 0.508 e. The third-order valence-electron chi connectivity index (χ3n) is 3.05. The van der Waals surface area contributed by atoms with E-state index in [0.717, 1.165) is 0 Å². The average Bonchev–Trinajstić information content (AvgIpc) is 2.72. The molecule has 1 fully saturated rings. The quantitative estimate of drug-likeness (QED) is 0.765. The number of nitrogens with two attached hydrogens (primary N) is 1. The molecule has 1 aliphatic heterocycles. The van der Waals surface area contributed by atoms with Crippen LogP contribution in [0.25, 0.3) is 0 Å². The Morgan fingerprint density at radius 1 is 1.35 bits per heavy atom. The summed E-state index contributed by atoms with van der Waals surface area (Å²) in [6, 6.07) is 2.97. The van der Waals surface area contributed by atoms with Crippen LogP contribution in [0.1, 0.15) is 11.5 Å². The van der Waals surface area contributed by atoms with Gasteiger partial charge in [0.2, 0.25) is 5.91 Å². The molecule has 1 saturated heterocycles. The molecule has 0 aromatic heterocycles. The maximum absolute atomic E-state index is 11.3. The second kappa shape index (κ2) is 4.72. The van der Waals surface area contributed by atoms with Gasteiger partial charge in [-0.3, -0.25) is 4.79 Å². The Hall–Kier alpha value is -0.970. The highest BCUT2D eigenvalue weighted by atomic mass is 35.5. The molecule has 6 heteroatoms. The van der Waals surface area contributed by atoms with Crippen molar-refractivity contribution in [3.8, 4) is 5.75 Å². The van der Waals surface area contributed by atoms with Crippen molar-refractivity contribution in [1.82, 2.24) is 5.32 Å². The SMILES string of the molecule is NC(=O)C1CNCC1c1cc(Cl)c(Cl)cc1O. The molecular weight excluding hydrogens is 263 g/mol. The molecule has 0 saturated carbocycles. The standard InChI is InChI=1S/C11H12Cl2N2O2/c12-8-1-5(10(16)2-9(8)13)6-3-15-4-7(6)11(14)17/h1-2,6-7,15-16H,3-4H2,(H2,14,17). The minimum Gasteiger partial charge on any atom is -0.508 e. The molecule has 1 aliphatic rings. The molecule has 0 spiro atoms. The van der Waals surface area contributed by atoms with Crippen LogP contribution in [-0.4, -0.2) is 24.1 Å². The monoisotopic (exact) mass is 274 g/mol. The van der Waals surface area contributed by atoms with E-state index in [-0.39, 0.29) is 28.5 Å². The fourth-order valence-corrected chi connectivity index (χ4v) is 2.48. The molecule has 0 bridgehead atoms. The average molecular weight is 275 g/mol. The lowest BCUT2D eigenvalue weighted by molar-refractivity contribution is -0.121. The molecule has 2 atom stereocenters. The number of hydrogen-bond acceptors (Lipinski definition) is 3. The Bertz CT molecular complexity index is 465. The Labute approximate surface area is 109 Å². The van der Waals surface area contributed by atoms with Gasteiger partial charge in [-0.25, -0.2) is 0 Å². The molecule has 2 rings (SSSR count). The zero-order valence-electron chi connectivity index (χ0n) is 8.91. The first-order valence-electron chi connectivity index (χ1n) is 5.18. The van der Waals surface area contributed by atoms with Gasteiger partial charge in [-0.15, -0.1) is 0 Å². The van der Waals surface area contributed by atoms with Gasteiger partial charge in [0.25, 0.3) is 0 Å². The second-order valence-electron chi connectivity index (χ2n) is 4.10. The Kier molecular flexibility index (Phi) is 3.47. The van der Waals surface area contributed by atoms with Crippen molar-refractivity contribution in [3.63, 3.8) is 0 Å². The van der Waals surface area contributed by atoms with Crippen LogP contribution in [0.3, 0.4) is 0 Å². The minimum atomic E-state index is -0.384. The van der Waals surface area contributed by atoms with Crippen molar-refractivity contribution in [2.45, 2.75) is 5.92 Å². The van der Waals surface area contributed by atoms with E-state index < -0.39 is 0 Å². The third kappa shape index (κ3) is 2.34. The lowest BCUT2D eigenvalue weighted by Crippen LogP contribution is -2.28. The highest BCUT2D eigenvalue weighted by Gasteiger charge is 2.34. The third-order valence-corrected chi connectivity index (χ3v) is 3.77. The van der Waals surface area contributed by atoms with Gasteiger partial charge in [0.15, 0.2) is 0 Å². The maximum atomic E-state index is 11.3.